The van der Waals surface area contributed by atoms with E-state index in [1.54, 1.807) is 4.68 Å². The zero-order chi connectivity index (χ0) is 26.2. The Bertz CT molecular complexity index is 1610. The fourth-order valence-corrected chi connectivity index (χ4v) is 4.74. The van der Waals surface area contributed by atoms with Crippen molar-refractivity contribution in [1.82, 2.24) is 39.2 Å². The smallest absolute Gasteiger partial charge is 0.227 e. The van der Waals surface area contributed by atoms with Gasteiger partial charge in [-0.2, -0.15) is 10.2 Å². The van der Waals surface area contributed by atoms with Crippen LogP contribution >= 0.6 is 0 Å². The number of hydrogen-bond acceptors (Lipinski definition) is 8. The molecule has 10 heteroatoms. The Labute approximate surface area is 221 Å². The first kappa shape index (κ1) is 23.8. The summed E-state index contributed by atoms with van der Waals surface area (Å²) in [7, 11) is 4.06. The lowest BCUT2D eigenvalue weighted by Crippen LogP contribution is -2.44. The van der Waals surface area contributed by atoms with Gasteiger partial charge in [0.15, 0.2) is 0 Å². The maximum Gasteiger partial charge on any atom is 0.227 e. The molecule has 5 aromatic rings. The lowest BCUT2D eigenvalue weighted by molar-refractivity contribution is 0.312. The van der Waals surface area contributed by atoms with Crippen molar-refractivity contribution in [2.45, 2.75) is 6.92 Å². The molecule has 5 aromatic heterocycles. The molecule has 38 heavy (non-hydrogen) atoms. The van der Waals surface area contributed by atoms with Crippen LogP contribution in [0, 0.1) is 6.92 Å². The molecule has 6 rings (SSSR count). The van der Waals surface area contributed by atoms with Gasteiger partial charge in [-0.1, -0.05) is 6.58 Å². The molecule has 0 saturated carbocycles. The van der Waals surface area contributed by atoms with Gasteiger partial charge in [0.05, 0.1) is 35.5 Å². The van der Waals surface area contributed by atoms with E-state index in [0.29, 0.717) is 5.95 Å². The Kier molecular flexibility index (Phi) is 6.09. The Morgan fingerprint density at radius 1 is 0.947 bits per heavy atom. The standard InChI is InChI=1S/C28H30N10/c1-19(21-7-8-38-26(13-21)25(17-32-38)22-14-31-36(4)18-22)24-16-30-28(33-20(24)2)34-23-5-6-27(29-15-23)37-11-9-35(3)10-12-37/h5-8,13-18H,1,9-12H2,2-4H3,(H,30,33,34). The van der Waals surface area contributed by atoms with E-state index in [1.165, 1.54) is 0 Å². The Morgan fingerprint density at radius 2 is 1.79 bits per heavy atom. The first-order valence-corrected chi connectivity index (χ1v) is 12.6. The average Bonchev–Trinajstić information content (AvgIpc) is 3.55. The molecule has 0 amide bonds. The van der Waals surface area contributed by atoms with Crippen molar-refractivity contribution in [3.05, 3.63) is 84.8 Å². The van der Waals surface area contributed by atoms with Gasteiger partial charge in [0.1, 0.15) is 5.82 Å². The van der Waals surface area contributed by atoms with Crippen molar-refractivity contribution in [2.75, 3.05) is 43.4 Å². The molecule has 192 valence electrons. The van der Waals surface area contributed by atoms with Crippen molar-refractivity contribution in [3.63, 3.8) is 0 Å². The molecule has 0 atom stereocenters. The van der Waals surface area contributed by atoms with Gasteiger partial charge < -0.3 is 15.1 Å². The minimum Gasteiger partial charge on any atom is -0.354 e. The maximum atomic E-state index is 4.70. The molecule has 1 fully saturated rings. The highest BCUT2D eigenvalue weighted by atomic mass is 15.3. The van der Waals surface area contributed by atoms with Crippen molar-refractivity contribution >= 4 is 28.5 Å². The van der Waals surface area contributed by atoms with Crippen LogP contribution in [0.3, 0.4) is 0 Å². The topological polar surface area (TPSA) is 92.3 Å². The first-order valence-electron chi connectivity index (χ1n) is 12.6. The number of aryl methyl sites for hydroxylation is 2. The second-order valence-electron chi connectivity index (χ2n) is 9.70. The van der Waals surface area contributed by atoms with Crippen LogP contribution in [0.2, 0.25) is 0 Å². The molecule has 0 bridgehead atoms. The number of piperazine rings is 1. The van der Waals surface area contributed by atoms with Crippen LogP contribution in [0.25, 0.3) is 22.2 Å². The van der Waals surface area contributed by atoms with Crippen molar-refractivity contribution in [1.29, 1.82) is 0 Å². The summed E-state index contributed by atoms with van der Waals surface area (Å²) in [6.45, 7) is 10.4. The summed E-state index contributed by atoms with van der Waals surface area (Å²) in [4.78, 5) is 18.6. The molecule has 0 aromatic carbocycles. The molecule has 0 unspecified atom stereocenters. The van der Waals surface area contributed by atoms with E-state index in [1.807, 2.05) is 73.9 Å². The van der Waals surface area contributed by atoms with Crippen LogP contribution in [-0.2, 0) is 7.05 Å². The van der Waals surface area contributed by atoms with Crippen LogP contribution in [0.15, 0.2) is 68.0 Å². The van der Waals surface area contributed by atoms with Crippen molar-refractivity contribution in [2.24, 2.45) is 7.05 Å². The summed E-state index contributed by atoms with van der Waals surface area (Å²) in [6.07, 6.45) is 11.3. The fraction of sp³-hybridized carbons (Fsp3) is 0.250. The molecule has 1 aliphatic heterocycles. The highest BCUT2D eigenvalue weighted by Gasteiger charge is 2.16. The summed E-state index contributed by atoms with van der Waals surface area (Å²) in [5, 5.41) is 12.1. The average molecular weight is 507 g/mol. The quantitative estimate of drug-likeness (QED) is 0.372. The summed E-state index contributed by atoms with van der Waals surface area (Å²) in [6, 6.07) is 8.17. The van der Waals surface area contributed by atoms with E-state index < -0.39 is 0 Å². The molecular weight excluding hydrogens is 476 g/mol. The minimum atomic E-state index is 0.526. The third kappa shape index (κ3) is 4.61. The van der Waals surface area contributed by atoms with Crippen LogP contribution < -0.4 is 10.2 Å². The lowest BCUT2D eigenvalue weighted by atomic mass is 9.99. The van der Waals surface area contributed by atoms with Crippen LogP contribution in [0.4, 0.5) is 17.5 Å². The number of aromatic nitrogens is 7. The molecule has 1 saturated heterocycles. The number of nitrogens with one attached hydrogen (secondary N) is 1. The lowest BCUT2D eigenvalue weighted by Gasteiger charge is -2.33. The summed E-state index contributed by atoms with van der Waals surface area (Å²) >= 11 is 0. The second-order valence-corrected chi connectivity index (χ2v) is 9.70. The molecule has 0 aliphatic carbocycles. The zero-order valence-corrected chi connectivity index (χ0v) is 21.8. The Hall–Kier alpha value is -4.57. The van der Waals surface area contributed by atoms with Crippen molar-refractivity contribution in [3.8, 4) is 11.1 Å². The Balaban J connectivity index is 1.19. The van der Waals surface area contributed by atoms with Gasteiger partial charge in [-0.15, -0.1) is 0 Å². The zero-order valence-electron chi connectivity index (χ0n) is 21.8. The van der Waals surface area contributed by atoms with Gasteiger partial charge in [-0.25, -0.2) is 19.5 Å². The van der Waals surface area contributed by atoms with E-state index in [2.05, 4.69) is 55.0 Å². The number of nitrogens with zero attached hydrogens (tertiary/aromatic N) is 9. The molecule has 1 N–H and O–H groups in total. The van der Waals surface area contributed by atoms with Gasteiger partial charge in [0, 0.05) is 68.5 Å². The minimum absolute atomic E-state index is 0.526. The number of rotatable bonds is 6. The Morgan fingerprint density at radius 3 is 2.50 bits per heavy atom. The van der Waals surface area contributed by atoms with Crippen LogP contribution in [0.5, 0.6) is 0 Å². The highest BCUT2D eigenvalue weighted by molar-refractivity contribution is 5.85. The highest BCUT2D eigenvalue weighted by Crippen LogP contribution is 2.29. The third-order valence-electron chi connectivity index (χ3n) is 7.02. The molecule has 10 nitrogen and oxygen atoms in total. The van der Waals surface area contributed by atoms with E-state index in [0.717, 1.165) is 76.7 Å². The number of likely N-dealkylation sites (N-methyl/N-ethyl adjacent to an activating group) is 1. The summed E-state index contributed by atoms with van der Waals surface area (Å²) in [5.41, 5.74) is 7.45. The first-order chi connectivity index (χ1) is 18.4. The van der Waals surface area contributed by atoms with E-state index in [9.17, 15) is 0 Å². The second kappa shape index (κ2) is 9.71. The SMILES string of the molecule is C=C(c1ccn2ncc(-c3cnn(C)c3)c2c1)c1cnc(Nc2ccc(N3CCN(C)CC3)nc2)nc1C. The monoisotopic (exact) mass is 506 g/mol. The van der Waals surface area contributed by atoms with Gasteiger partial charge in [-0.05, 0) is 49.4 Å². The van der Waals surface area contributed by atoms with Gasteiger partial charge in [0.25, 0.3) is 0 Å². The van der Waals surface area contributed by atoms with E-state index in [-0.39, 0.29) is 0 Å². The molecule has 0 spiro atoms. The summed E-state index contributed by atoms with van der Waals surface area (Å²) < 4.78 is 3.65. The van der Waals surface area contributed by atoms with Crippen molar-refractivity contribution < 1.29 is 0 Å². The number of anilines is 3. The maximum absolute atomic E-state index is 4.70. The number of pyridine rings is 2. The predicted molar refractivity (Wildman–Crippen MR) is 150 cm³/mol. The van der Waals surface area contributed by atoms with Crippen LogP contribution in [0.1, 0.15) is 16.8 Å². The number of hydrogen-bond donors (Lipinski definition) is 1. The summed E-state index contributed by atoms with van der Waals surface area (Å²) in [5.74, 6) is 1.52. The van der Waals surface area contributed by atoms with Gasteiger partial charge in [-0.3, -0.25) is 4.68 Å². The van der Waals surface area contributed by atoms with Crippen LogP contribution in [-0.4, -0.2) is 72.5 Å². The number of fused-ring (bicyclic) bond motifs is 1. The van der Waals surface area contributed by atoms with E-state index in [4.69, 9.17) is 4.98 Å². The third-order valence-corrected chi connectivity index (χ3v) is 7.02. The molecule has 1 aliphatic rings. The normalized spacial score (nSPS) is 14.2. The molecular formula is C28H30N10. The van der Waals surface area contributed by atoms with Gasteiger partial charge >= 0.3 is 0 Å². The largest absolute Gasteiger partial charge is 0.354 e. The fourth-order valence-electron chi connectivity index (χ4n) is 4.74. The van der Waals surface area contributed by atoms with E-state index >= 15 is 0 Å². The van der Waals surface area contributed by atoms with Gasteiger partial charge in [0.2, 0.25) is 5.95 Å². The predicted octanol–water partition coefficient (Wildman–Crippen LogP) is 3.79. The molecule has 6 heterocycles. The molecule has 0 radical (unpaired) electrons.